The molecule has 0 aliphatic rings. The van der Waals surface area contributed by atoms with Crippen molar-refractivity contribution < 1.29 is 36.1 Å². The summed E-state index contributed by atoms with van der Waals surface area (Å²) in [6.45, 7) is 1.52. The van der Waals surface area contributed by atoms with E-state index >= 15 is 0 Å². The molecule has 0 aliphatic carbocycles. The van der Waals surface area contributed by atoms with Crippen LogP contribution in [-0.4, -0.2) is 35.7 Å². The zero-order valence-electron chi connectivity index (χ0n) is 10.00. The Morgan fingerprint density at radius 2 is 1.75 bits per heavy atom. The Kier molecular flexibility index (Phi) is 6.33. The highest BCUT2D eigenvalue weighted by Crippen LogP contribution is 2.24. The van der Waals surface area contributed by atoms with E-state index in [-0.39, 0.29) is 5.56 Å². The maximum atomic E-state index is 12.3. The van der Waals surface area contributed by atoms with E-state index in [9.17, 15) is 21.6 Å². The quantitative estimate of drug-likeness (QED) is 0.285. The van der Waals surface area contributed by atoms with Crippen LogP contribution in [0.1, 0.15) is 11.1 Å². The summed E-state index contributed by atoms with van der Waals surface area (Å²) in [5.74, 6) is 0. The van der Waals surface area contributed by atoms with Crippen LogP contribution in [0.2, 0.25) is 0 Å². The zero-order chi connectivity index (χ0) is 16.0. The van der Waals surface area contributed by atoms with Crippen molar-refractivity contribution in [2.75, 3.05) is 0 Å². The van der Waals surface area contributed by atoms with Gasteiger partial charge in [0.1, 0.15) is 0 Å². The molecule has 6 nitrogen and oxygen atoms in total. The van der Waals surface area contributed by atoms with Gasteiger partial charge in [-0.05, 0) is 12.5 Å². The molecule has 1 rings (SSSR count). The van der Waals surface area contributed by atoms with Crippen LogP contribution in [0.5, 0.6) is 0 Å². The third kappa shape index (κ3) is 6.29. The molecule has 0 radical (unpaired) electrons. The summed E-state index contributed by atoms with van der Waals surface area (Å²) in [6, 6.07) is 5.85. The van der Waals surface area contributed by atoms with E-state index in [4.69, 9.17) is 14.6 Å². The Morgan fingerprint density at radius 3 is 2.05 bits per heavy atom. The van der Waals surface area contributed by atoms with E-state index in [1.807, 2.05) is 0 Å². The van der Waals surface area contributed by atoms with Crippen LogP contribution in [0.3, 0.4) is 0 Å². The molecule has 0 bridgehead atoms. The molecule has 10 heteroatoms. The van der Waals surface area contributed by atoms with Gasteiger partial charge in [0.15, 0.2) is 5.71 Å². The van der Waals surface area contributed by atoms with E-state index < -0.39 is 27.6 Å². The van der Waals surface area contributed by atoms with Gasteiger partial charge in [-0.3, -0.25) is 9.35 Å². The van der Waals surface area contributed by atoms with Crippen molar-refractivity contribution in [2.45, 2.75) is 13.1 Å². The highest BCUT2D eigenvalue weighted by molar-refractivity contribution is 7.99. The van der Waals surface area contributed by atoms with Crippen molar-refractivity contribution in [1.29, 1.82) is 0 Å². The summed E-state index contributed by atoms with van der Waals surface area (Å²) >= 11 is 0. The molecule has 0 aromatic heterocycles. The van der Waals surface area contributed by atoms with Crippen LogP contribution in [0, 0.1) is 6.92 Å². The molecule has 0 spiro atoms. The van der Waals surface area contributed by atoms with Gasteiger partial charge in [0.25, 0.3) is 5.62 Å². The van der Waals surface area contributed by atoms with E-state index in [0.717, 1.165) is 0 Å². The lowest BCUT2D eigenvalue weighted by molar-refractivity contribution is -0.0601. The topological polar surface area (TPSA) is 104 Å². The van der Waals surface area contributed by atoms with Crippen LogP contribution in [-0.2, 0) is 14.9 Å². The van der Waals surface area contributed by atoms with Crippen molar-refractivity contribution in [3.05, 3.63) is 35.4 Å². The molecule has 112 valence electrons. The fourth-order valence-corrected chi connectivity index (χ4v) is 1.10. The van der Waals surface area contributed by atoms with Crippen molar-refractivity contribution in [2.24, 2.45) is 5.16 Å². The molecule has 0 amide bonds. The number of carbonyl (C=O) groups is 1. The lowest BCUT2D eigenvalue weighted by atomic mass is 10.0. The van der Waals surface area contributed by atoms with Gasteiger partial charge in [-0.15, -0.1) is 0 Å². The lowest BCUT2D eigenvalue weighted by Gasteiger charge is -2.10. The second kappa shape index (κ2) is 7.01. The van der Waals surface area contributed by atoms with Crippen molar-refractivity contribution >= 4 is 21.4 Å². The number of hydrogen-bond acceptors (Lipinski definition) is 5. The first kappa shape index (κ1) is 18.1. The van der Waals surface area contributed by atoms with Crippen molar-refractivity contribution in [3.63, 3.8) is 0 Å². The number of nitrogens with zero attached hydrogens (tertiary/aromatic N) is 1. The van der Waals surface area contributed by atoms with Gasteiger partial charge in [0.05, 0.1) is 0 Å². The lowest BCUT2D eigenvalue weighted by Crippen LogP contribution is -2.24. The molecule has 0 saturated carbocycles. The summed E-state index contributed by atoms with van der Waals surface area (Å²) in [7, 11) is -4.34. The molecule has 0 fully saturated rings. The molecule has 0 heterocycles. The normalized spacial score (nSPS) is 12.3. The third-order valence-corrected chi connectivity index (χ3v) is 2.13. The molecule has 2 N–H and O–H groups in total. The minimum Gasteiger partial charge on any atom is -0.410 e. The predicted molar refractivity (Wildman–Crippen MR) is 63.9 cm³/mol. The summed E-state index contributed by atoms with van der Waals surface area (Å²) in [5, 5.41) is 10.6. The van der Waals surface area contributed by atoms with Crippen LogP contribution < -0.4 is 0 Å². The summed E-state index contributed by atoms with van der Waals surface area (Å²) in [6.07, 6.45) is -4.64. The highest BCUT2D eigenvalue weighted by atomic mass is 32.2. The minimum absolute atomic E-state index is 0.109. The smallest absolute Gasteiger partial charge is 0.410 e. The third-order valence-electron chi connectivity index (χ3n) is 1.89. The Labute approximate surface area is 112 Å². The number of hydrogen-bond donors (Lipinski definition) is 2. The summed E-state index contributed by atoms with van der Waals surface area (Å²) in [4.78, 5) is 8.99. The van der Waals surface area contributed by atoms with Gasteiger partial charge >= 0.3 is 16.3 Å². The fraction of sp³-hybridized carbons (Fsp3) is 0.200. The molecule has 0 unspecified atom stereocenters. The van der Waals surface area contributed by atoms with Crippen LogP contribution in [0.15, 0.2) is 29.4 Å². The van der Waals surface area contributed by atoms with Gasteiger partial charge in [-0.25, -0.2) is 0 Å². The number of benzene rings is 1. The molecule has 20 heavy (non-hydrogen) atoms. The minimum atomic E-state index is -4.64. The van der Waals surface area contributed by atoms with Gasteiger partial charge in [-0.2, -0.15) is 21.6 Å². The SMILES string of the molecule is Cc1ccccc1C(=NO)C(F)(F)F.O=CS(=O)(=O)O. The zero-order valence-corrected chi connectivity index (χ0v) is 10.8. The first-order chi connectivity index (χ1) is 9.03. The van der Waals surface area contributed by atoms with Crippen LogP contribution in [0.25, 0.3) is 0 Å². The molecular formula is C10H10F3NO5S. The Hall–Kier alpha value is -1.94. The largest absolute Gasteiger partial charge is 0.437 e. The molecule has 0 atom stereocenters. The first-order valence-electron chi connectivity index (χ1n) is 4.81. The Bertz CT molecular complexity index is 584. The molecule has 1 aromatic rings. The number of halogens is 3. The van der Waals surface area contributed by atoms with Crippen LogP contribution >= 0.6 is 0 Å². The number of alkyl halides is 3. The molecule has 0 saturated heterocycles. The maximum Gasteiger partial charge on any atom is 0.437 e. The number of aryl methyl sites for hydroxylation is 1. The second-order valence-corrected chi connectivity index (χ2v) is 4.59. The molecule has 1 aromatic carbocycles. The average molecular weight is 313 g/mol. The number of rotatable bonds is 2. The van der Waals surface area contributed by atoms with Gasteiger partial charge in [0, 0.05) is 5.56 Å². The monoisotopic (exact) mass is 313 g/mol. The van der Waals surface area contributed by atoms with E-state index in [0.29, 0.717) is 5.56 Å². The van der Waals surface area contributed by atoms with Crippen molar-refractivity contribution in [3.8, 4) is 0 Å². The highest BCUT2D eigenvalue weighted by Gasteiger charge is 2.38. The number of oxime groups is 1. The van der Waals surface area contributed by atoms with Crippen molar-refractivity contribution in [1.82, 2.24) is 0 Å². The Balaban J connectivity index is 0.000000511. The summed E-state index contributed by atoms with van der Waals surface area (Å²) in [5.41, 5.74) is -1.50. The van der Waals surface area contributed by atoms with Gasteiger partial charge < -0.3 is 5.21 Å². The van der Waals surface area contributed by atoms with E-state index in [1.54, 1.807) is 6.07 Å². The average Bonchev–Trinajstić information content (AvgIpc) is 2.31. The van der Waals surface area contributed by atoms with E-state index in [2.05, 4.69) is 5.16 Å². The van der Waals surface area contributed by atoms with Gasteiger partial charge in [-0.1, -0.05) is 29.4 Å². The van der Waals surface area contributed by atoms with Gasteiger partial charge in [0.2, 0.25) is 0 Å². The fourth-order valence-electron chi connectivity index (χ4n) is 1.10. The predicted octanol–water partition coefficient (Wildman–Crippen LogP) is 1.80. The van der Waals surface area contributed by atoms with E-state index in [1.165, 1.54) is 25.1 Å². The maximum absolute atomic E-state index is 12.3. The van der Waals surface area contributed by atoms with Crippen LogP contribution in [0.4, 0.5) is 13.2 Å². The standard InChI is InChI=1S/C9H8F3NO.CH2O4S/c1-6-4-2-3-5-7(6)8(13-14)9(10,11)12;2-1-6(3,4)5/h2-5,14H,1H3;1H,(H,3,4,5). The summed E-state index contributed by atoms with van der Waals surface area (Å²) < 4.78 is 62.7. The molecular weight excluding hydrogens is 303 g/mol. The second-order valence-electron chi connectivity index (χ2n) is 3.37. The Morgan fingerprint density at radius 1 is 1.30 bits per heavy atom. The first-order valence-corrected chi connectivity index (χ1v) is 6.31. The molecule has 0 aliphatic heterocycles. The number of carbonyl (C=O) groups excluding carboxylic acids is 1.